The first-order valence-electron chi connectivity index (χ1n) is 20.0. The second-order valence-corrected chi connectivity index (χ2v) is 15.6. The Balaban J connectivity index is 0.914. The number of nitrogens with zero attached hydrogens (tertiary/aromatic N) is 4. The number of carbonyl (C=O) groups excluding carboxylic acids is 2. The van der Waals surface area contributed by atoms with Gasteiger partial charge in [-0.3, -0.25) is 19.6 Å². The summed E-state index contributed by atoms with van der Waals surface area (Å²) in [5, 5.41) is 0. The van der Waals surface area contributed by atoms with Crippen molar-refractivity contribution >= 4 is 24.4 Å². The molecule has 57 heavy (non-hydrogen) atoms. The molecule has 8 rings (SSSR count). The van der Waals surface area contributed by atoms with E-state index in [1.807, 2.05) is 61.0 Å². The Hall–Kier alpha value is -6.02. The van der Waals surface area contributed by atoms with Crippen LogP contribution in [-0.4, -0.2) is 34.3 Å². The van der Waals surface area contributed by atoms with Crippen LogP contribution in [0.1, 0.15) is 93.4 Å². The van der Waals surface area contributed by atoms with E-state index in [2.05, 4.69) is 76.3 Å². The van der Waals surface area contributed by atoms with Gasteiger partial charge in [0.15, 0.2) is 0 Å². The molecule has 4 unspecified atom stereocenters. The lowest BCUT2D eigenvalue weighted by Crippen LogP contribution is -2.40. The number of aromatic nitrogens is 2. The van der Waals surface area contributed by atoms with Crippen LogP contribution in [0.2, 0.25) is 0 Å². The van der Waals surface area contributed by atoms with Crippen molar-refractivity contribution in [3.63, 3.8) is 0 Å². The van der Waals surface area contributed by atoms with Gasteiger partial charge in [0.1, 0.15) is 11.1 Å². The van der Waals surface area contributed by atoms with Crippen LogP contribution in [0, 0.1) is 11.8 Å². The van der Waals surface area contributed by atoms with Gasteiger partial charge in [0, 0.05) is 86.0 Å². The van der Waals surface area contributed by atoms with Gasteiger partial charge in [0.25, 0.3) is 0 Å². The number of aliphatic imine (C=N–C) groups is 2. The molecule has 0 saturated carbocycles. The third-order valence-corrected chi connectivity index (χ3v) is 11.7. The second kappa shape index (κ2) is 15.8. The summed E-state index contributed by atoms with van der Waals surface area (Å²) < 4.78 is 11.4. The molecule has 4 bridgehead atoms. The fraction of sp³-hybridized carbons (Fsp3) is 0.306. The van der Waals surface area contributed by atoms with Crippen molar-refractivity contribution < 1.29 is 19.1 Å². The number of carbonyl (C=O) groups is 2. The predicted octanol–water partition coefficient (Wildman–Crippen LogP) is 9.72. The van der Waals surface area contributed by atoms with Gasteiger partial charge in [-0.15, -0.1) is 0 Å². The zero-order valence-electron chi connectivity index (χ0n) is 33.1. The van der Waals surface area contributed by atoms with Gasteiger partial charge in [-0.05, 0) is 68.5 Å². The zero-order chi connectivity index (χ0) is 39.6. The van der Waals surface area contributed by atoms with Gasteiger partial charge < -0.3 is 9.47 Å². The van der Waals surface area contributed by atoms with Crippen molar-refractivity contribution in [1.29, 1.82) is 0 Å². The number of allylic oxidation sites excluding steroid dienone is 4. The monoisotopic (exact) mass is 756 g/mol. The molecule has 4 aliphatic carbocycles. The lowest BCUT2D eigenvalue weighted by Gasteiger charge is -2.45. The molecule has 2 aromatic heterocycles. The lowest BCUT2D eigenvalue weighted by molar-refractivity contribution is -0.136. The maximum Gasteiger partial charge on any atom is 0.312 e. The summed E-state index contributed by atoms with van der Waals surface area (Å²) >= 11 is 0. The number of hydrogen-bond acceptors (Lipinski definition) is 8. The van der Waals surface area contributed by atoms with Crippen LogP contribution < -0.4 is 9.47 Å². The summed E-state index contributed by atoms with van der Waals surface area (Å²) in [5.41, 5.74) is 9.94. The van der Waals surface area contributed by atoms with E-state index < -0.39 is 23.0 Å². The molecule has 8 heteroatoms. The number of pyridine rings is 2. The molecule has 4 atom stereocenters. The summed E-state index contributed by atoms with van der Waals surface area (Å²) in [7, 11) is 0. The first-order chi connectivity index (χ1) is 27.7. The smallest absolute Gasteiger partial charge is 0.312 e. The highest BCUT2D eigenvalue weighted by atomic mass is 16.5. The van der Waals surface area contributed by atoms with Gasteiger partial charge in [-0.2, -0.15) is 0 Å². The van der Waals surface area contributed by atoms with Crippen LogP contribution in [0.4, 0.5) is 0 Å². The summed E-state index contributed by atoms with van der Waals surface area (Å²) in [5.74, 6) is -0.0538. The maximum atomic E-state index is 13.0. The molecule has 288 valence electrons. The second-order valence-electron chi connectivity index (χ2n) is 15.6. The molecule has 2 aromatic carbocycles. The first-order valence-corrected chi connectivity index (χ1v) is 20.0. The molecule has 8 nitrogen and oxygen atoms in total. The Kier molecular flexibility index (Phi) is 10.5. The van der Waals surface area contributed by atoms with Crippen molar-refractivity contribution in [3.05, 3.63) is 165 Å². The minimum atomic E-state index is -0.563. The van der Waals surface area contributed by atoms with Crippen LogP contribution in [0.15, 0.2) is 142 Å². The van der Waals surface area contributed by atoms with Crippen molar-refractivity contribution in [1.82, 2.24) is 9.97 Å². The maximum absolute atomic E-state index is 13.0. The van der Waals surface area contributed by atoms with Crippen molar-refractivity contribution in [2.75, 3.05) is 0 Å². The van der Waals surface area contributed by atoms with Gasteiger partial charge >= 0.3 is 11.9 Å². The predicted molar refractivity (Wildman–Crippen MR) is 224 cm³/mol. The summed E-state index contributed by atoms with van der Waals surface area (Å²) in [6, 6.07) is 27.8. The molecule has 0 N–H and O–H groups in total. The molecule has 2 heterocycles. The van der Waals surface area contributed by atoms with E-state index in [0.29, 0.717) is 12.8 Å². The Bertz CT molecular complexity index is 2230. The molecular weight excluding hydrogens is 709 g/mol. The van der Waals surface area contributed by atoms with E-state index >= 15 is 0 Å². The standard InChI is InChI=1S/C49H48N4O4/c1-5-38-36-24-32(3)28-48(38,50-30-34-14-9-7-10-15-34)40-20-22-44(52-42(40)26-36)56-46(54)18-13-19-47(55)57-45-23-21-41-43(53-45)27-37-25-33(4)29-49(41,39(37)6-2)51-31-35-16-11-8-12-17-35/h5-12,14-17,20-25,30-31,36-37H,13,18-19,26-29H2,1-4H3/b38-5+,39-6+,50-30+,51-31+. The van der Waals surface area contributed by atoms with Gasteiger partial charge in [0.2, 0.25) is 11.8 Å². The average Bonchev–Trinajstić information content (AvgIpc) is 3.19. The highest BCUT2D eigenvalue weighted by Gasteiger charge is 2.48. The Morgan fingerprint density at radius 1 is 0.649 bits per heavy atom. The van der Waals surface area contributed by atoms with Crippen LogP contribution in [0.25, 0.3) is 0 Å². The topological polar surface area (TPSA) is 103 Å². The Labute approximate surface area is 334 Å². The molecule has 4 aromatic rings. The van der Waals surface area contributed by atoms with E-state index in [4.69, 9.17) is 29.4 Å². The van der Waals surface area contributed by atoms with Crippen molar-refractivity contribution in [2.45, 2.75) is 83.7 Å². The van der Waals surface area contributed by atoms with E-state index in [-0.39, 0.29) is 42.9 Å². The van der Waals surface area contributed by atoms with Crippen LogP contribution in [0.3, 0.4) is 0 Å². The molecule has 0 spiro atoms. The quantitative estimate of drug-likeness (QED) is 0.0907. The summed E-state index contributed by atoms with van der Waals surface area (Å²) in [6.07, 6.45) is 16.2. The average molecular weight is 757 g/mol. The molecule has 4 aliphatic rings. The van der Waals surface area contributed by atoms with Gasteiger partial charge in [-0.25, -0.2) is 9.97 Å². The number of esters is 2. The highest BCUT2D eigenvalue weighted by Crippen LogP contribution is 2.54. The van der Waals surface area contributed by atoms with Crippen LogP contribution in [0.5, 0.6) is 11.8 Å². The lowest BCUT2D eigenvalue weighted by atomic mass is 9.63. The molecule has 0 amide bonds. The van der Waals surface area contributed by atoms with E-state index in [1.165, 1.54) is 22.3 Å². The van der Waals surface area contributed by atoms with Gasteiger partial charge in [-0.1, -0.05) is 96.1 Å². The molecule has 0 aliphatic heterocycles. The van der Waals surface area contributed by atoms with E-state index in [9.17, 15) is 9.59 Å². The summed E-state index contributed by atoms with van der Waals surface area (Å²) in [4.78, 5) is 46.2. The minimum absolute atomic E-state index is 0.0471. The molecule has 0 radical (unpaired) electrons. The van der Waals surface area contributed by atoms with Crippen LogP contribution >= 0.6 is 0 Å². The fourth-order valence-corrected chi connectivity index (χ4v) is 9.45. The molecule has 0 fully saturated rings. The Morgan fingerprint density at radius 3 is 1.47 bits per heavy atom. The molecule has 0 saturated heterocycles. The largest absolute Gasteiger partial charge is 0.407 e. The first kappa shape index (κ1) is 37.9. The van der Waals surface area contributed by atoms with Crippen molar-refractivity contribution in [2.24, 2.45) is 21.8 Å². The molecular formula is C49H48N4O4. The third kappa shape index (κ3) is 7.49. The Morgan fingerprint density at radius 2 is 1.07 bits per heavy atom. The summed E-state index contributed by atoms with van der Waals surface area (Å²) in [6.45, 7) is 8.50. The van der Waals surface area contributed by atoms with E-state index in [1.54, 1.807) is 12.1 Å². The van der Waals surface area contributed by atoms with E-state index in [0.717, 1.165) is 46.5 Å². The SMILES string of the molecule is C/C=C1\C2C=C(C)CC1(/N=C/c1ccccc1)c1ccc(OC(=O)CCCC(=O)Oc3ccc4c(n3)CC3C=C(C)CC4(/N=C/c4ccccc4)/C3=C/C)nc1C2. The normalized spacial score (nSPS) is 24.8. The third-order valence-electron chi connectivity index (χ3n) is 11.7. The van der Waals surface area contributed by atoms with Gasteiger partial charge in [0.05, 0.1) is 11.4 Å². The number of fused-ring (bicyclic) bond motifs is 8. The number of benzene rings is 2. The zero-order valence-corrected chi connectivity index (χ0v) is 33.1. The number of hydrogen-bond donors (Lipinski definition) is 0. The number of ether oxygens (including phenoxy) is 2. The minimum Gasteiger partial charge on any atom is -0.407 e. The fourth-order valence-electron chi connectivity index (χ4n) is 9.45. The van der Waals surface area contributed by atoms with Crippen molar-refractivity contribution in [3.8, 4) is 11.8 Å². The van der Waals surface area contributed by atoms with Crippen LogP contribution in [-0.2, 0) is 33.5 Å². The number of rotatable bonds is 10. The highest BCUT2D eigenvalue weighted by molar-refractivity contribution is 5.81.